The van der Waals surface area contributed by atoms with Crippen LogP contribution in [0.3, 0.4) is 0 Å². The van der Waals surface area contributed by atoms with Gasteiger partial charge in [0, 0.05) is 11.1 Å². The average Bonchev–Trinajstić information content (AvgIpc) is 3.40. The van der Waals surface area contributed by atoms with E-state index in [4.69, 9.17) is 14.5 Å². The molecule has 0 bridgehead atoms. The fraction of sp³-hybridized carbons (Fsp3) is 0.128. The van der Waals surface area contributed by atoms with E-state index in [2.05, 4.69) is 92.5 Å². The lowest BCUT2D eigenvalue weighted by molar-refractivity contribution is 0.303. The first kappa shape index (κ1) is 30.1. The second-order valence-corrected chi connectivity index (χ2v) is 14.3. The molecule has 2 heterocycles. The van der Waals surface area contributed by atoms with E-state index in [1.807, 2.05) is 53.1 Å². The van der Waals surface area contributed by atoms with Crippen molar-refractivity contribution >= 4 is 65.7 Å². The van der Waals surface area contributed by atoms with E-state index in [1.54, 1.807) is 7.11 Å². The van der Waals surface area contributed by atoms with E-state index in [9.17, 15) is 4.79 Å². The summed E-state index contributed by atoms with van der Waals surface area (Å²) in [6.07, 6.45) is 3.66. The van der Waals surface area contributed by atoms with Crippen LogP contribution in [-0.2, 0) is 13.0 Å². The summed E-state index contributed by atoms with van der Waals surface area (Å²) in [5, 5.41) is 2.35. The van der Waals surface area contributed by atoms with E-state index in [-0.39, 0.29) is 11.6 Å². The van der Waals surface area contributed by atoms with Gasteiger partial charge in [0.2, 0.25) is 0 Å². The smallest absolute Gasteiger partial charge is 0.271 e. The molecule has 8 rings (SSSR count). The van der Waals surface area contributed by atoms with Crippen LogP contribution in [0.5, 0.6) is 11.5 Å². The maximum absolute atomic E-state index is 14.3. The van der Waals surface area contributed by atoms with Crippen molar-refractivity contribution in [1.29, 1.82) is 0 Å². The fourth-order valence-electron chi connectivity index (χ4n) is 6.71. The summed E-state index contributed by atoms with van der Waals surface area (Å²) in [5.41, 5.74) is 7.40. The molecule has 0 N–H and O–H groups in total. The van der Waals surface area contributed by atoms with Crippen LogP contribution < -0.4 is 24.4 Å². The van der Waals surface area contributed by atoms with Gasteiger partial charge in [-0.15, -0.1) is 0 Å². The number of para-hydroxylation sites is 1. The highest BCUT2D eigenvalue weighted by molar-refractivity contribution is 9.11. The molecule has 0 spiro atoms. The van der Waals surface area contributed by atoms with Gasteiger partial charge >= 0.3 is 0 Å². The zero-order valence-electron chi connectivity index (χ0n) is 25.4. The Morgan fingerprint density at radius 2 is 1.66 bits per heavy atom. The van der Waals surface area contributed by atoms with Crippen LogP contribution in [-0.4, -0.2) is 11.7 Å². The summed E-state index contributed by atoms with van der Waals surface area (Å²) < 4.78 is 16.2. The molecule has 5 nitrogen and oxygen atoms in total. The van der Waals surface area contributed by atoms with Gasteiger partial charge in [-0.2, -0.15) is 0 Å². The van der Waals surface area contributed by atoms with Crippen LogP contribution in [0.15, 0.2) is 127 Å². The largest absolute Gasteiger partial charge is 0.496 e. The number of nitrogens with zero attached hydrogens (tertiary/aromatic N) is 2. The second kappa shape index (κ2) is 12.4. The number of fused-ring (bicyclic) bond motifs is 4. The lowest BCUT2D eigenvalue weighted by atomic mass is 9.83. The summed E-state index contributed by atoms with van der Waals surface area (Å²) in [6.45, 7) is 0.424. The van der Waals surface area contributed by atoms with Gasteiger partial charge in [-0.1, -0.05) is 96.3 Å². The highest BCUT2D eigenvalue weighted by Crippen LogP contribution is 2.43. The molecule has 232 valence electrons. The Labute approximate surface area is 292 Å². The number of halogens is 2. The predicted octanol–water partition coefficient (Wildman–Crippen LogP) is 8.58. The molecular weight excluding hydrogens is 736 g/mol. The molecule has 1 atom stereocenters. The zero-order chi connectivity index (χ0) is 32.1. The molecule has 1 aliphatic carbocycles. The molecule has 0 saturated carbocycles. The number of rotatable bonds is 6. The molecule has 0 amide bonds. The molecule has 0 fully saturated rings. The van der Waals surface area contributed by atoms with Crippen LogP contribution in [0.1, 0.15) is 40.3 Å². The van der Waals surface area contributed by atoms with Crippen LogP contribution in [0, 0.1) is 0 Å². The van der Waals surface area contributed by atoms with E-state index in [0.717, 1.165) is 61.1 Å². The summed E-state index contributed by atoms with van der Waals surface area (Å²) in [6, 6.07) is 34.7. The van der Waals surface area contributed by atoms with Crippen molar-refractivity contribution < 1.29 is 9.47 Å². The topological polar surface area (TPSA) is 52.8 Å². The lowest BCUT2D eigenvalue weighted by Crippen LogP contribution is -2.39. The number of thiazole rings is 1. The zero-order valence-corrected chi connectivity index (χ0v) is 29.4. The van der Waals surface area contributed by atoms with Gasteiger partial charge in [0.15, 0.2) is 4.80 Å². The molecule has 1 aliphatic heterocycles. The first-order chi connectivity index (χ1) is 23.0. The Kier molecular flexibility index (Phi) is 7.95. The summed E-state index contributed by atoms with van der Waals surface area (Å²) >= 11 is 8.87. The highest BCUT2D eigenvalue weighted by Gasteiger charge is 2.34. The standard InChI is InChI=1S/C39H28Br2N2O3S/c1-45-33-16-7-6-15-29(33)36-30-18-17-25-10-3-5-14-28(25)35(30)42-39-43(36)38(44)34(47-39)21-23-19-31(40)37(32(41)20-23)46-22-26-12-8-11-24-9-2-4-13-27(24)26/h2-16,19-21,36H,17-18,22H2,1H3/b34-21-/t36-/m0/s1. The van der Waals surface area contributed by atoms with Gasteiger partial charge < -0.3 is 9.47 Å². The summed E-state index contributed by atoms with van der Waals surface area (Å²) in [5.74, 6) is 1.46. The molecule has 2 aliphatic rings. The van der Waals surface area contributed by atoms with E-state index in [1.165, 1.54) is 27.7 Å². The van der Waals surface area contributed by atoms with Crippen molar-refractivity contribution in [2.24, 2.45) is 4.99 Å². The van der Waals surface area contributed by atoms with Crippen molar-refractivity contribution in [3.8, 4) is 11.5 Å². The normalized spacial score (nSPS) is 15.6. The number of aromatic nitrogens is 1. The number of benzene rings is 5. The molecule has 6 aromatic rings. The van der Waals surface area contributed by atoms with Gasteiger partial charge in [-0.3, -0.25) is 9.36 Å². The predicted molar refractivity (Wildman–Crippen MR) is 196 cm³/mol. The number of methoxy groups -OCH3 is 1. The Morgan fingerprint density at radius 1 is 0.915 bits per heavy atom. The molecule has 8 heteroatoms. The first-order valence-corrected chi connectivity index (χ1v) is 17.7. The minimum Gasteiger partial charge on any atom is -0.496 e. The van der Waals surface area contributed by atoms with E-state index >= 15 is 0 Å². The summed E-state index contributed by atoms with van der Waals surface area (Å²) in [7, 11) is 1.68. The number of allylic oxidation sites excluding steroid dienone is 1. The molecule has 5 aromatic carbocycles. The average molecular weight is 765 g/mol. The van der Waals surface area contributed by atoms with Crippen LogP contribution in [0.4, 0.5) is 0 Å². The van der Waals surface area contributed by atoms with Gasteiger partial charge in [0.05, 0.1) is 32.3 Å². The number of hydrogen-bond acceptors (Lipinski definition) is 5. The highest BCUT2D eigenvalue weighted by atomic mass is 79.9. The number of aryl methyl sites for hydroxylation is 1. The van der Waals surface area contributed by atoms with Crippen molar-refractivity contribution in [3.63, 3.8) is 0 Å². The second-order valence-electron chi connectivity index (χ2n) is 11.6. The van der Waals surface area contributed by atoms with Gasteiger partial charge in [0.1, 0.15) is 18.1 Å². The molecule has 0 radical (unpaired) electrons. The van der Waals surface area contributed by atoms with Crippen molar-refractivity contribution in [3.05, 3.63) is 165 Å². The van der Waals surface area contributed by atoms with Crippen molar-refractivity contribution in [2.45, 2.75) is 25.5 Å². The Morgan fingerprint density at radius 3 is 2.51 bits per heavy atom. The molecular formula is C39H28Br2N2O3S. The third-order valence-electron chi connectivity index (χ3n) is 8.88. The quantitative estimate of drug-likeness (QED) is 0.171. The minimum atomic E-state index is -0.309. The Hall–Kier alpha value is -4.24. The van der Waals surface area contributed by atoms with Crippen molar-refractivity contribution in [2.75, 3.05) is 7.11 Å². The maximum atomic E-state index is 14.3. The maximum Gasteiger partial charge on any atom is 0.271 e. The monoisotopic (exact) mass is 762 g/mol. The van der Waals surface area contributed by atoms with Crippen LogP contribution in [0.25, 0.3) is 22.5 Å². The molecule has 1 aromatic heterocycles. The van der Waals surface area contributed by atoms with E-state index < -0.39 is 0 Å². The van der Waals surface area contributed by atoms with Crippen LogP contribution >= 0.6 is 43.2 Å². The summed E-state index contributed by atoms with van der Waals surface area (Å²) in [4.78, 5) is 20.1. The lowest BCUT2D eigenvalue weighted by Gasteiger charge is -2.31. The first-order valence-electron chi connectivity index (χ1n) is 15.3. The number of ether oxygens (including phenoxy) is 2. The molecule has 47 heavy (non-hydrogen) atoms. The molecule has 0 unspecified atom stereocenters. The Bertz CT molecular complexity index is 2400. The molecule has 0 saturated heterocycles. The number of hydrogen-bond donors (Lipinski definition) is 0. The third kappa shape index (κ3) is 5.38. The van der Waals surface area contributed by atoms with Crippen molar-refractivity contribution in [1.82, 2.24) is 4.57 Å². The van der Waals surface area contributed by atoms with Crippen LogP contribution in [0.2, 0.25) is 0 Å². The van der Waals surface area contributed by atoms with E-state index in [0.29, 0.717) is 21.7 Å². The van der Waals surface area contributed by atoms with Gasteiger partial charge in [0.25, 0.3) is 5.56 Å². The Balaban J connectivity index is 1.20. The SMILES string of the molecule is COc1ccccc1[C@H]1C2=C(N=c3s/c(=C\c4cc(Br)c(OCc5cccc6ccccc56)c(Br)c4)c(=O)n31)c1ccccc1CC2. The van der Waals surface area contributed by atoms with Gasteiger partial charge in [-0.05, 0) is 102 Å². The fourth-order valence-corrected chi connectivity index (χ4v) is 9.16. The van der Waals surface area contributed by atoms with Gasteiger partial charge in [-0.25, -0.2) is 4.99 Å². The third-order valence-corrected chi connectivity index (χ3v) is 11.0. The minimum absolute atomic E-state index is 0.0707.